The molecule has 1 unspecified atom stereocenters. The molecule has 2 aromatic carbocycles. The zero-order chi connectivity index (χ0) is 15.3. The standard InChI is InChI=1S/C16H20N2O2S/c1-3-14(13-9-5-4-6-10-13)18-21(19,20)16-12-8-7-11-15(16)17-2/h4-12,14,17-18H,3H2,1-2H3. The third-order valence-electron chi connectivity index (χ3n) is 3.35. The van der Waals surface area contributed by atoms with Crippen LogP contribution in [0.5, 0.6) is 0 Å². The summed E-state index contributed by atoms with van der Waals surface area (Å²) in [6, 6.07) is 16.2. The average Bonchev–Trinajstić information content (AvgIpc) is 2.53. The van der Waals surface area contributed by atoms with Gasteiger partial charge in [0.25, 0.3) is 0 Å². The molecule has 0 aliphatic carbocycles. The van der Waals surface area contributed by atoms with Gasteiger partial charge in [-0.2, -0.15) is 0 Å². The van der Waals surface area contributed by atoms with Crippen molar-refractivity contribution in [2.75, 3.05) is 12.4 Å². The molecule has 0 aliphatic rings. The molecule has 2 rings (SSSR count). The number of para-hydroxylation sites is 1. The zero-order valence-electron chi connectivity index (χ0n) is 12.2. The van der Waals surface area contributed by atoms with E-state index in [1.54, 1.807) is 31.3 Å². The normalized spacial score (nSPS) is 12.9. The first-order valence-corrected chi connectivity index (χ1v) is 8.41. The first-order valence-electron chi connectivity index (χ1n) is 6.92. The van der Waals surface area contributed by atoms with Gasteiger partial charge in [0.05, 0.1) is 5.69 Å². The van der Waals surface area contributed by atoms with E-state index in [1.807, 2.05) is 37.3 Å². The van der Waals surface area contributed by atoms with Gasteiger partial charge in [0.15, 0.2) is 0 Å². The summed E-state index contributed by atoms with van der Waals surface area (Å²) in [6.07, 6.45) is 0.685. The second-order valence-corrected chi connectivity index (χ2v) is 6.42. The summed E-state index contributed by atoms with van der Waals surface area (Å²) in [4.78, 5) is 0.266. The number of rotatable bonds is 6. The lowest BCUT2D eigenvalue weighted by Gasteiger charge is -2.19. The van der Waals surface area contributed by atoms with E-state index in [2.05, 4.69) is 10.0 Å². The summed E-state index contributed by atoms with van der Waals surface area (Å²) < 4.78 is 28.0. The number of nitrogens with one attached hydrogen (secondary N) is 2. The molecule has 21 heavy (non-hydrogen) atoms. The summed E-state index contributed by atoms with van der Waals surface area (Å²) in [5.74, 6) is 0. The second-order valence-electron chi connectivity index (χ2n) is 4.74. The van der Waals surface area contributed by atoms with E-state index in [1.165, 1.54) is 0 Å². The highest BCUT2D eigenvalue weighted by Crippen LogP contribution is 2.24. The van der Waals surface area contributed by atoms with Crippen molar-refractivity contribution in [3.05, 3.63) is 60.2 Å². The summed E-state index contributed by atoms with van der Waals surface area (Å²) >= 11 is 0. The molecule has 4 nitrogen and oxygen atoms in total. The quantitative estimate of drug-likeness (QED) is 0.862. The maximum Gasteiger partial charge on any atom is 0.243 e. The Labute approximate surface area is 126 Å². The molecule has 0 radical (unpaired) electrons. The van der Waals surface area contributed by atoms with Crippen LogP contribution in [0.4, 0.5) is 5.69 Å². The Morgan fingerprint density at radius 3 is 2.24 bits per heavy atom. The summed E-state index contributed by atoms with van der Waals surface area (Å²) in [5, 5.41) is 2.91. The van der Waals surface area contributed by atoms with Crippen LogP contribution in [0.1, 0.15) is 24.9 Å². The molecule has 0 amide bonds. The fraction of sp³-hybridized carbons (Fsp3) is 0.250. The predicted molar refractivity (Wildman–Crippen MR) is 85.8 cm³/mol. The smallest absolute Gasteiger partial charge is 0.243 e. The summed E-state index contributed by atoms with van der Waals surface area (Å²) in [7, 11) is -1.86. The summed E-state index contributed by atoms with van der Waals surface area (Å²) in [6.45, 7) is 1.96. The second kappa shape index (κ2) is 6.74. The van der Waals surface area contributed by atoms with Crippen molar-refractivity contribution in [3.8, 4) is 0 Å². The number of benzene rings is 2. The molecule has 0 bridgehead atoms. The van der Waals surface area contributed by atoms with Crippen molar-refractivity contribution in [3.63, 3.8) is 0 Å². The third-order valence-corrected chi connectivity index (χ3v) is 4.88. The van der Waals surface area contributed by atoms with Crippen LogP contribution < -0.4 is 10.0 Å². The van der Waals surface area contributed by atoms with E-state index in [-0.39, 0.29) is 10.9 Å². The fourth-order valence-electron chi connectivity index (χ4n) is 2.23. The molecule has 0 aliphatic heterocycles. The van der Waals surface area contributed by atoms with Gasteiger partial charge in [-0.1, -0.05) is 49.4 Å². The van der Waals surface area contributed by atoms with Crippen LogP contribution >= 0.6 is 0 Å². The molecule has 0 fully saturated rings. The van der Waals surface area contributed by atoms with E-state index in [4.69, 9.17) is 0 Å². The molecule has 0 spiro atoms. The van der Waals surface area contributed by atoms with Crippen LogP contribution in [0.15, 0.2) is 59.5 Å². The van der Waals surface area contributed by atoms with E-state index in [9.17, 15) is 8.42 Å². The molecule has 0 heterocycles. The fourth-order valence-corrected chi connectivity index (χ4v) is 3.75. The number of anilines is 1. The Hall–Kier alpha value is -1.85. The molecular formula is C16H20N2O2S. The monoisotopic (exact) mass is 304 g/mol. The van der Waals surface area contributed by atoms with Crippen LogP contribution in [-0.4, -0.2) is 15.5 Å². The Morgan fingerprint density at radius 2 is 1.62 bits per heavy atom. The average molecular weight is 304 g/mol. The van der Waals surface area contributed by atoms with Crippen molar-refractivity contribution < 1.29 is 8.42 Å². The number of hydrogen-bond acceptors (Lipinski definition) is 3. The van der Waals surface area contributed by atoms with Crippen LogP contribution in [0, 0.1) is 0 Å². The minimum atomic E-state index is -3.58. The Kier molecular flexibility index (Phi) is 4.98. The largest absolute Gasteiger partial charge is 0.387 e. The minimum Gasteiger partial charge on any atom is -0.387 e. The van der Waals surface area contributed by atoms with Crippen molar-refractivity contribution in [2.24, 2.45) is 0 Å². The van der Waals surface area contributed by atoms with Crippen molar-refractivity contribution in [1.29, 1.82) is 0 Å². The molecule has 112 valence electrons. The lowest BCUT2D eigenvalue weighted by Crippen LogP contribution is -2.28. The van der Waals surface area contributed by atoms with Crippen LogP contribution in [-0.2, 0) is 10.0 Å². The molecule has 2 aromatic rings. The van der Waals surface area contributed by atoms with Gasteiger partial charge in [-0.15, -0.1) is 0 Å². The van der Waals surface area contributed by atoms with E-state index >= 15 is 0 Å². The molecule has 1 atom stereocenters. The Morgan fingerprint density at radius 1 is 1.00 bits per heavy atom. The van der Waals surface area contributed by atoms with Crippen molar-refractivity contribution >= 4 is 15.7 Å². The third kappa shape index (κ3) is 3.62. The Bertz CT molecular complexity index is 684. The molecule has 0 aromatic heterocycles. The van der Waals surface area contributed by atoms with Crippen LogP contribution in [0.2, 0.25) is 0 Å². The SMILES string of the molecule is CCC(NS(=O)(=O)c1ccccc1NC)c1ccccc1. The van der Waals surface area contributed by atoms with E-state index in [0.29, 0.717) is 12.1 Å². The first kappa shape index (κ1) is 15.5. The Balaban J connectivity index is 2.32. The van der Waals surface area contributed by atoms with Gasteiger partial charge in [-0.3, -0.25) is 0 Å². The van der Waals surface area contributed by atoms with E-state index in [0.717, 1.165) is 5.56 Å². The van der Waals surface area contributed by atoms with Gasteiger partial charge in [-0.05, 0) is 24.1 Å². The summed E-state index contributed by atoms with van der Waals surface area (Å²) in [5.41, 5.74) is 1.55. The molecule has 0 saturated heterocycles. The van der Waals surface area contributed by atoms with Gasteiger partial charge in [0, 0.05) is 13.1 Å². The van der Waals surface area contributed by atoms with Gasteiger partial charge < -0.3 is 5.32 Å². The van der Waals surface area contributed by atoms with Crippen LogP contribution in [0.25, 0.3) is 0 Å². The van der Waals surface area contributed by atoms with Crippen molar-refractivity contribution in [2.45, 2.75) is 24.3 Å². The van der Waals surface area contributed by atoms with Gasteiger partial charge in [-0.25, -0.2) is 13.1 Å². The molecule has 5 heteroatoms. The maximum atomic E-state index is 12.6. The first-order chi connectivity index (χ1) is 10.1. The predicted octanol–water partition coefficient (Wildman–Crippen LogP) is 3.16. The minimum absolute atomic E-state index is 0.235. The zero-order valence-corrected chi connectivity index (χ0v) is 13.0. The van der Waals surface area contributed by atoms with Gasteiger partial charge >= 0.3 is 0 Å². The lowest BCUT2D eigenvalue weighted by atomic mass is 10.1. The molecular weight excluding hydrogens is 284 g/mol. The van der Waals surface area contributed by atoms with E-state index < -0.39 is 10.0 Å². The molecule has 2 N–H and O–H groups in total. The highest BCUT2D eigenvalue weighted by Gasteiger charge is 2.22. The highest BCUT2D eigenvalue weighted by atomic mass is 32.2. The molecule has 0 saturated carbocycles. The van der Waals surface area contributed by atoms with Gasteiger partial charge in [0.2, 0.25) is 10.0 Å². The van der Waals surface area contributed by atoms with Gasteiger partial charge in [0.1, 0.15) is 4.90 Å². The highest BCUT2D eigenvalue weighted by molar-refractivity contribution is 7.89. The topological polar surface area (TPSA) is 58.2 Å². The maximum absolute atomic E-state index is 12.6. The number of hydrogen-bond donors (Lipinski definition) is 2. The lowest BCUT2D eigenvalue weighted by molar-refractivity contribution is 0.550. The van der Waals surface area contributed by atoms with Crippen molar-refractivity contribution in [1.82, 2.24) is 4.72 Å². The van der Waals surface area contributed by atoms with Crippen LogP contribution in [0.3, 0.4) is 0 Å². The number of sulfonamides is 1.